The van der Waals surface area contributed by atoms with Gasteiger partial charge in [0.1, 0.15) is 17.8 Å². The molecule has 0 heterocycles. The first-order valence-corrected chi connectivity index (χ1v) is 14.8. The Bertz CT molecular complexity index is 1440. The average Bonchev–Trinajstić information content (AvgIpc) is 3.01. The molecule has 0 aliphatic rings. The molecule has 2 aromatic rings. The van der Waals surface area contributed by atoms with E-state index in [1.807, 2.05) is 0 Å². The summed E-state index contributed by atoms with van der Waals surface area (Å²) in [7, 11) is 0. The summed E-state index contributed by atoms with van der Waals surface area (Å²) in [6.45, 7) is 3.18. The number of carbonyl (C=O) groups excluding carboxylic acids is 3. The molecule has 0 unspecified atom stereocenters. The minimum Gasteiger partial charge on any atom is -0.508 e. The lowest BCUT2D eigenvalue weighted by Gasteiger charge is -2.23. The van der Waals surface area contributed by atoms with Crippen LogP contribution in [-0.2, 0) is 32.0 Å². The number of nitro groups is 1. The predicted molar refractivity (Wildman–Crippen MR) is 179 cm³/mol. The van der Waals surface area contributed by atoms with Gasteiger partial charge >= 0.3 is 0 Å². The maximum absolute atomic E-state index is 13.2. The monoisotopic (exact) mass is 672 g/mol. The molecule has 18 heteroatoms. The summed E-state index contributed by atoms with van der Waals surface area (Å²) in [6.07, 6.45) is 0.786. The van der Waals surface area contributed by atoms with Gasteiger partial charge in [-0.05, 0) is 43.9 Å². The molecular formula is C30H44N10O8. The average molecular weight is 673 g/mol. The molecule has 0 aromatic heterocycles. The van der Waals surface area contributed by atoms with Crippen LogP contribution in [0.25, 0.3) is 0 Å². The third-order valence-corrected chi connectivity index (χ3v) is 6.54. The number of carboxylic acids is 1. The Balaban J connectivity index is 0.00000272. The highest BCUT2D eigenvalue weighted by atomic mass is 16.6. The van der Waals surface area contributed by atoms with Crippen LogP contribution < -0.4 is 33.6 Å². The number of hydrogen-bond donors (Lipinski definition) is 8. The molecule has 3 amide bonds. The zero-order valence-electron chi connectivity index (χ0n) is 26.9. The fourth-order valence-electron chi connectivity index (χ4n) is 4.29. The zero-order valence-corrected chi connectivity index (χ0v) is 26.9. The number of hydrogen-bond acceptors (Lipinski definition) is 9. The number of aliphatic imine (C=N–C) groups is 2. The lowest BCUT2D eigenvalue weighted by Crippen LogP contribution is -2.52. The quantitative estimate of drug-likeness (QED) is 0.0341. The first-order valence-electron chi connectivity index (χ1n) is 14.8. The lowest BCUT2D eigenvalue weighted by atomic mass is 10.0. The second-order valence-electron chi connectivity index (χ2n) is 10.3. The van der Waals surface area contributed by atoms with Crippen molar-refractivity contribution in [2.24, 2.45) is 32.9 Å². The molecule has 0 saturated carbocycles. The van der Waals surface area contributed by atoms with Crippen molar-refractivity contribution in [3.8, 4) is 5.75 Å². The van der Waals surface area contributed by atoms with E-state index in [9.17, 15) is 29.6 Å². The van der Waals surface area contributed by atoms with Gasteiger partial charge in [0.25, 0.3) is 11.7 Å². The molecule has 0 aliphatic carbocycles. The Kier molecular flexibility index (Phi) is 17.5. The Morgan fingerprint density at radius 3 is 2.19 bits per heavy atom. The molecule has 0 radical (unpaired) electrons. The van der Waals surface area contributed by atoms with Gasteiger partial charge in [-0.25, -0.2) is 4.99 Å². The van der Waals surface area contributed by atoms with E-state index in [0.29, 0.717) is 24.1 Å². The number of nitrogens with two attached hydrogens (primary N) is 4. The van der Waals surface area contributed by atoms with Gasteiger partial charge in [-0.15, -0.1) is 0 Å². The van der Waals surface area contributed by atoms with Crippen LogP contribution in [0, 0.1) is 10.1 Å². The van der Waals surface area contributed by atoms with Gasteiger partial charge in [-0.3, -0.25) is 34.3 Å². The zero-order chi connectivity index (χ0) is 36.2. The molecular weight excluding hydrogens is 628 g/mol. The molecule has 0 fully saturated rings. The number of rotatable bonds is 17. The third-order valence-electron chi connectivity index (χ3n) is 6.54. The smallest absolute Gasteiger partial charge is 0.300 e. The van der Waals surface area contributed by atoms with Crippen molar-refractivity contribution in [3.63, 3.8) is 0 Å². The SMILES string of the molecule is CC(=O)O.CCN(CCc1ccccc1[N+](=O)[O-])C(=O)CNC(=O)[C@@H](CCCN=C(N)N)NC(=O)[C@H](Cc1ccc(O)cc1)N=C(N)N. The number of nitrogens with zero attached hydrogens (tertiary/aromatic N) is 4. The van der Waals surface area contributed by atoms with Gasteiger partial charge in [0.05, 0.1) is 11.5 Å². The van der Waals surface area contributed by atoms with Gasteiger partial charge in [0.15, 0.2) is 11.9 Å². The number of aromatic hydroxyl groups is 1. The van der Waals surface area contributed by atoms with E-state index in [4.69, 9.17) is 32.8 Å². The minimum atomic E-state index is -1.09. The summed E-state index contributed by atoms with van der Waals surface area (Å²) >= 11 is 0. The van der Waals surface area contributed by atoms with E-state index < -0.39 is 40.7 Å². The molecule has 0 spiro atoms. The van der Waals surface area contributed by atoms with Crippen LogP contribution >= 0.6 is 0 Å². The Hall–Kier alpha value is -5.94. The second-order valence-corrected chi connectivity index (χ2v) is 10.3. The standard InChI is InChI=1S/C28H40N10O6.C2H4O2/c1-2-37(15-13-19-6-3-4-8-23(19)38(43)44)24(40)17-34-25(41)21(7-5-14-33-27(29)30)35-26(42)22(36-28(31)32)16-18-9-11-20(39)12-10-18;1-2(3)4/h3-4,6,8-12,21-22,39H,2,5,7,13-17H2,1H3,(H,34,41)(H,35,42)(H4,29,30,33)(H4,31,32,36);1H3,(H,3,4)/t21-,22+;/m1./s1. The number of phenols is 1. The molecule has 0 saturated heterocycles. The first-order chi connectivity index (χ1) is 22.6. The van der Waals surface area contributed by atoms with Crippen LogP contribution in [0.3, 0.4) is 0 Å². The van der Waals surface area contributed by atoms with E-state index in [1.165, 1.54) is 23.1 Å². The van der Waals surface area contributed by atoms with Crippen LogP contribution in [0.15, 0.2) is 58.5 Å². The number of benzene rings is 2. The van der Waals surface area contributed by atoms with Crippen molar-refractivity contribution in [1.82, 2.24) is 15.5 Å². The van der Waals surface area contributed by atoms with Crippen molar-refractivity contribution in [3.05, 3.63) is 69.8 Å². The van der Waals surface area contributed by atoms with Crippen molar-refractivity contribution >= 4 is 41.3 Å². The van der Waals surface area contributed by atoms with Crippen molar-refractivity contribution < 1.29 is 34.3 Å². The summed E-state index contributed by atoms with van der Waals surface area (Å²) < 4.78 is 0. The molecule has 262 valence electrons. The molecule has 12 N–H and O–H groups in total. The Labute approximate surface area is 277 Å². The summed E-state index contributed by atoms with van der Waals surface area (Å²) in [5, 5.41) is 33.5. The first kappa shape index (κ1) is 40.1. The number of likely N-dealkylation sites (N-methyl/N-ethyl adjacent to an activating group) is 1. The van der Waals surface area contributed by atoms with E-state index in [0.717, 1.165) is 6.92 Å². The number of carboxylic acid groups (broad SMARTS) is 1. The molecule has 48 heavy (non-hydrogen) atoms. The number of phenolic OH excluding ortho intramolecular Hbond substituents is 1. The molecule has 2 rings (SSSR count). The number of carbonyl (C=O) groups is 4. The molecule has 0 bridgehead atoms. The normalized spacial score (nSPS) is 11.4. The van der Waals surface area contributed by atoms with Crippen LogP contribution in [0.1, 0.15) is 37.8 Å². The van der Waals surface area contributed by atoms with Crippen LogP contribution in [-0.4, -0.2) is 93.9 Å². The number of nitrogens with one attached hydrogen (secondary N) is 2. The predicted octanol–water partition coefficient (Wildman–Crippen LogP) is -0.678. The van der Waals surface area contributed by atoms with Gasteiger partial charge < -0.3 is 48.7 Å². The van der Waals surface area contributed by atoms with Crippen molar-refractivity contribution in [2.45, 2.75) is 51.6 Å². The summed E-state index contributed by atoms with van der Waals surface area (Å²) in [4.78, 5) is 68.6. The van der Waals surface area contributed by atoms with Gasteiger partial charge in [0, 0.05) is 44.6 Å². The Morgan fingerprint density at radius 1 is 1.00 bits per heavy atom. The fraction of sp³-hybridized carbons (Fsp3) is 0.400. The van der Waals surface area contributed by atoms with Crippen LogP contribution in [0.2, 0.25) is 0 Å². The fourth-order valence-corrected chi connectivity index (χ4v) is 4.29. The number of amides is 3. The highest BCUT2D eigenvalue weighted by Crippen LogP contribution is 2.18. The van der Waals surface area contributed by atoms with E-state index in [-0.39, 0.29) is 62.3 Å². The third kappa shape index (κ3) is 15.9. The number of aliphatic carboxylic acids is 1. The molecule has 18 nitrogen and oxygen atoms in total. The topological polar surface area (TPSA) is 308 Å². The summed E-state index contributed by atoms with van der Waals surface area (Å²) in [5.74, 6) is -2.91. The van der Waals surface area contributed by atoms with Gasteiger partial charge in [-0.1, -0.05) is 30.3 Å². The molecule has 2 atom stereocenters. The van der Waals surface area contributed by atoms with E-state index in [2.05, 4.69) is 20.6 Å². The van der Waals surface area contributed by atoms with Crippen molar-refractivity contribution in [2.75, 3.05) is 26.2 Å². The highest BCUT2D eigenvalue weighted by Gasteiger charge is 2.27. The maximum atomic E-state index is 13.2. The lowest BCUT2D eigenvalue weighted by molar-refractivity contribution is -0.385. The second kappa shape index (κ2) is 21.0. The number of nitro benzene ring substituents is 1. The van der Waals surface area contributed by atoms with E-state index in [1.54, 1.807) is 37.3 Å². The number of guanidine groups is 2. The minimum absolute atomic E-state index is 0.0342. The maximum Gasteiger partial charge on any atom is 0.300 e. The number of para-hydroxylation sites is 1. The Morgan fingerprint density at radius 2 is 1.62 bits per heavy atom. The molecule has 0 aliphatic heterocycles. The summed E-state index contributed by atoms with van der Waals surface area (Å²) in [6, 6.07) is 10.2. The van der Waals surface area contributed by atoms with Gasteiger partial charge in [-0.2, -0.15) is 0 Å². The largest absolute Gasteiger partial charge is 0.508 e. The summed E-state index contributed by atoms with van der Waals surface area (Å²) in [5.41, 5.74) is 23.0. The van der Waals surface area contributed by atoms with Crippen LogP contribution in [0.4, 0.5) is 5.69 Å². The van der Waals surface area contributed by atoms with Crippen molar-refractivity contribution in [1.29, 1.82) is 0 Å². The highest BCUT2D eigenvalue weighted by molar-refractivity contribution is 5.93. The van der Waals surface area contributed by atoms with Gasteiger partial charge in [0.2, 0.25) is 17.7 Å². The van der Waals surface area contributed by atoms with E-state index >= 15 is 0 Å². The van der Waals surface area contributed by atoms with Crippen LogP contribution in [0.5, 0.6) is 5.75 Å². The molecule has 2 aromatic carbocycles.